The van der Waals surface area contributed by atoms with Crippen molar-refractivity contribution in [2.75, 3.05) is 5.32 Å². The summed E-state index contributed by atoms with van der Waals surface area (Å²) in [5.74, 6) is -0.204. The normalized spacial score (nSPS) is 11.1. The van der Waals surface area contributed by atoms with E-state index < -0.39 is 0 Å². The largest absolute Gasteiger partial charge is 0.332 e. The molecule has 2 N–H and O–H groups in total. The van der Waals surface area contributed by atoms with E-state index in [0.29, 0.717) is 10.7 Å². The first-order chi connectivity index (χ1) is 11.7. The average molecular weight is 355 g/mol. The first-order valence-corrected chi connectivity index (χ1v) is 8.94. The van der Waals surface area contributed by atoms with E-state index in [0.717, 1.165) is 17.7 Å². The van der Waals surface area contributed by atoms with Gasteiger partial charge in [-0.15, -0.1) is 0 Å². The van der Waals surface area contributed by atoms with Crippen LogP contribution in [0.2, 0.25) is 0 Å². The van der Waals surface area contributed by atoms with Crippen LogP contribution in [0.25, 0.3) is 0 Å². The lowest BCUT2D eigenvalue weighted by atomic mass is 9.87. The Morgan fingerprint density at radius 1 is 1.08 bits per heavy atom. The number of thiocarbonyl (C=S) groups is 1. The Kier molecular flexibility index (Phi) is 5.96. The first-order valence-electron chi connectivity index (χ1n) is 8.53. The third kappa shape index (κ3) is 4.89. The molecule has 0 fully saturated rings. The number of hydrogen-bond donors (Lipinski definition) is 2. The zero-order valence-electron chi connectivity index (χ0n) is 15.6. The average Bonchev–Trinajstić information content (AvgIpc) is 2.56. The van der Waals surface area contributed by atoms with E-state index in [1.54, 1.807) is 0 Å². The molecule has 2 aromatic rings. The Morgan fingerprint density at radius 2 is 1.72 bits per heavy atom. The van der Waals surface area contributed by atoms with Gasteiger partial charge in [-0.25, -0.2) is 0 Å². The zero-order chi connectivity index (χ0) is 18.6. The van der Waals surface area contributed by atoms with Crippen LogP contribution in [0.4, 0.5) is 5.69 Å². The van der Waals surface area contributed by atoms with Gasteiger partial charge in [-0.1, -0.05) is 58.0 Å². The van der Waals surface area contributed by atoms with Gasteiger partial charge in [0, 0.05) is 11.3 Å². The molecule has 0 aromatic heterocycles. The van der Waals surface area contributed by atoms with Crippen molar-refractivity contribution >= 4 is 28.9 Å². The molecule has 0 atom stereocenters. The van der Waals surface area contributed by atoms with Crippen molar-refractivity contribution in [3.63, 3.8) is 0 Å². The van der Waals surface area contributed by atoms with E-state index in [4.69, 9.17) is 12.2 Å². The molecule has 0 saturated heterocycles. The number of para-hydroxylation sites is 1. The van der Waals surface area contributed by atoms with Crippen LogP contribution in [-0.2, 0) is 11.8 Å². The smallest absolute Gasteiger partial charge is 0.257 e. The van der Waals surface area contributed by atoms with Crippen LogP contribution in [0.5, 0.6) is 0 Å². The number of rotatable bonds is 3. The molecular weight excluding hydrogens is 328 g/mol. The third-order valence-electron chi connectivity index (χ3n) is 4.22. The van der Waals surface area contributed by atoms with Gasteiger partial charge in [0.2, 0.25) is 0 Å². The van der Waals surface area contributed by atoms with Gasteiger partial charge < -0.3 is 5.32 Å². The Balaban J connectivity index is 2.07. The summed E-state index contributed by atoms with van der Waals surface area (Å²) in [5, 5.41) is 6.24. The van der Waals surface area contributed by atoms with Crippen LogP contribution in [0.15, 0.2) is 42.5 Å². The molecule has 4 heteroatoms. The molecule has 0 radical (unpaired) electrons. The number of anilines is 1. The zero-order valence-corrected chi connectivity index (χ0v) is 16.4. The van der Waals surface area contributed by atoms with Gasteiger partial charge >= 0.3 is 0 Å². The lowest BCUT2D eigenvalue weighted by molar-refractivity contribution is 0.0977. The predicted molar refractivity (Wildman–Crippen MR) is 109 cm³/mol. The van der Waals surface area contributed by atoms with E-state index in [1.807, 2.05) is 43.3 Å². The summed E-state index contributed by atoms with van der Waals surface area (Å²) < 4.78 is 0. The highest BCUT2D eigenvalue weighted by molar-refractivity contribution is 7.80. The molecule has 0 heterocycles. The maximum atomic E-state index is 12.4. The fourth-order valence-corrected chi connectivity index (χ4v) is 2.84. The summed E-state index contributed by atoms with van der Waals surface area (Å²) >= 11 is 5.32. The van der Waals surface area contributed by atoms with Crippen LogP contribution in [0, 0.1) is 6.92 Å². The summed E-state index contributed by atoms with van der Waals surface area (Å²) in [6.07, 6.45) is 0.898. The van der Waals surface area contributed by atoms with Gasteiger partial charge in [-0.05, 0) is 59.8 Å². The molecule has 0 aliphatic carbocycles. The molecule has 2 aromatic carbocycles. The van der Waals surface area contributed by atoms with E-state index in [2.05, 4.69) is 44.4 Å². The van der Waals surface area contributed by atoms with Crippen LogP contribution in [0.1, 0.15) is 54.7 Å². The predicted octanol–water partition coefficient (Wildman–Crippen LogP) is 4.98. The van der Waals surface area contributed by atoms with Gasteiger partial charge in [0.05, 0.1) is 0 Å². The number of nitrogens with one attached hydrogen (secondary N) is 2. The minimum Gasteiger partial charge on any atom is -0.332 e. The second-order valence-corrected chi connectivity index (χ2v) is 7.61. The molecule has 132 valence electrons. The SMILES string of the molecule is CCc1cccc(C)c1NC(=S)NC(=O)c1ccc(C(C)(C)C)cc1. The van der Waals surface area contributed by atoms with E-state index in [9.17, 15) is 4.79 Å². The Hall–Kier alpha value is -2.20. The minimum absolute atomic E-state index is 0.0628. The molecule has 1 amide bonds. The third-order valence-corrected chi connectivity index (χ3v) is 4.42. The summed E-state index contributed by atoms with van der Waals surface area (Å²) in [4.78, 5) is 12.4. The Labute approximate surface area is 155 Å². The summed E-state index contributed by atoms with van der Waals surface area (Å²) in [6.45, 7) is 10.6. The molecule has 2 rings (SSSR count). The molecule has 0 bridgehead atoms. The fourth-order valence-electron chi connectivity index (χ4n) is 2.64. The molecule has 0 spiro atoms. The minimum atomic E-state index is -0.204. The topological polar surface area (TPSA) is 41.1 Å². The number of carbonyl (C=O) groups excluding carboxylic acids is 1. The monoisotopic (exact) mass is 354 g/mol. The maximum absolute atomic E-state index is 12.4. The van der Waals surface area contributed by atoms with E-state index in [1.165, 1.54) is 11.1 Å². The van der Waals surface area contributed by atoms with Crippen molar-refractivity contribution in [1.29, 1.82) is 0 Å². The fraction of sp³-hybridized carbons (Fsp3) is 0.333. The van der Waals surface area contributed by atoms with Crippen LogP contribution >= 0.6 is 12.2 Å². The van der Waals surface area contributed by atoms with E-state index >= 15 is 0 Å². The lowest BCUT2D eigenvalue weighted by Crippen LogP contribution is -2.34. The van der Waals surface area contributed by atoms with Crippen LogP contribution < -0.4 is 10.6 Å². The quantitative estimate of drug-likeness (QED) is 0.764. The van der Waals surface area contributed by atoms with Crippen molar-refractivity contribution in [1.82, 2.24) is 5.32 Å². The van der Waals surface area contributed by atoms with Gasteiger partial charge in [-0.3, -0.25) is 10.1 Å². The van der Waals surface area contributed by atoms with Crippen molar-refractivity contribution in [2.24, 2.45) is 0 Å². The molecule has 0 aliphatic rings. The van der Waals surface area contributed by atoms with E-state index in [-0.39, 0.29) is 11.3 Å². The Bertz CT molecular complexity index is 773. The van der Waals surface area contributed by atoms with Gasteiger partial charge in [-0.2, -0.15) is 0 Å². The number of aryl methyl sites for hydroxylation is 2. The second-order valence-electron chi connectivity index (χ2n) is 7.20. The van der Waals surface area contributed by atoms with Crippen LogP contribution in [0.3, 0.4) is 0 Å². The summed E-state index contributed by atoms with van der Waals surface area (Å²) in [5.41, 5.74) is 5.10. The summed E-state index contributed by atoms with van der Waals surface area (Å²) in [6, 6.07) is 13.8. The molecule has 0 aliphatic heterocycles. The number of hydrogen-bond acceptors (Lipinski definition) is 2. The second kappa shape index (κ2) is 7.79. The lowest BCUT2D eigenvalue weighted by Gasteiger charge is -2.19. The molecule has 3 nitrogen and oxygen atoms in total. The number of benzene rings is 2. The van der Waals surface area contributed by atoms with Gasteiger partial charge in [0.1, 0.15) is 0 Å². The molecule has 0 unspecified atom stereocenters. The van der Waals surface area contributed by atoms with Crippen LogP contribution in [-0.4, -0.2) is 11.0 Å². The molecular formula is C21H26N2OS. The summed E-state index contributed by atoms with van der Waals surface area (Å²) in [7, 11) is 0. The first kappa shape index (κ1) is 19.1. The standard InChI is InChI=1S/C21H26N2OS/c1-6-15-9-7-8-14(2)18(15)22-20(25)23-19(24)16-10-12-17(13-11-16)21(3,4)5/h7-13H,6H2,1-5H3,(H2,22,23,24,25). The van der Waals surface area contributed by atoms with Crippen molar-refractivity contribution < 1.29 is 4.79 Å². The molecule has 25 heavy (non-hydrogen) atoms. The highest BCUT2D eigenvalue weighted by atomic mass is 32.1. The number of amides is 1. The van der Waals surface area contributed by atoms with Crippen molar-refractivity contribution in [2.45, 2.75) is 46.5 Å². The maximum Gasteiger partial charge on any atom is 0.257 e. The van der Waals surface area contributed by atoms with Crippen molar-refractivity contribution in [3.8, 4) is 0 Å². The Morgan fingerprint density at radius 3 is 2.28 bits per heavy atom. The highest BCUT2D eigenvalue weighted by Gasteiger charge is 2.15. The molecule has 0 saturated carbocycles. The number of carbonyl (C=O) groups is 1. The highest BCUT2D eigenvalue weighted by Crippen LogP contribution is 2.22. The van der Waals surface area contributed by atoms with Crippen molar-refractivity contribution in [3.05, 3.63) is 64.7 Å². The van der Waals surface area contributed by atoms with Gasteiger partial charge in [0.25, 0.3) is 5.91 Å². The van der Waals surface area contributed by atoms with Gasteiger partial charge in [0.15, 0.2) is 5.11 Å².